The summed E-state index contributed by atoms with van der Waals surface area (Å²) >= 11 is 1.01. The molecule has 0 aromatic heterocycles. The lowest BCUT2D eigenvalue weighted by molar-refractivity contribution is -0.125. The maximum Gasteiger partial charge on any atom is 0.322 e. The van der Waals surface area contributed by atoms with Crippen LogP contribution in [0.2, 0.25) is 0 Å². The van der Waals surface area contributed by atoms with Gasteiger partial charge in [-0.3, -0.25) is 14.5 Å². The lowest BCUT2D eigenvalue weighted by atomic mass is 10.2. The zero-order valence-corrected chi connectivity index (χ0v) is 17.9. The molecular formula is C22H23N3O5S. The van der Waals surface area contributed by atoms with Crippen molar-refractivity contribution in [1.29, 1.82) is 0 Å². The Morgan fingerprint density at radius 3 is 2.52 bits per heavy atom. The van der Waals surface area contributed by atoms with Gasteiger partial charge in [0.2, 0.25) is 5.91 Å². The highest BCUT2D eigenvalue weighted by atomic mass is 32.2. The number of anilines is 1. The molecule has 0 atom stereocenters. The molecule has 4 rings (SSSR count). The largest absolute Gasteiger partial charge is 0.504 e. The summed E-state index contributed by atoms with van der Waals surface area (Å²) in [6.45, 7) is 0.637. The molecule has 162 valence electrons. The van der Waals surface area contributed by atoms with Gasteiger partial charge in [-0.2, -0.15) is 0 Å². The topological polar surface area (TPSA) is 99.2 Å². The number of carbonyl (C=O) groups excluding carboxylic acids is 3. The lowest BCUT2D eigenvalue weighted by Crippen LogP contribution is -2.36. The SMILES string of the molecule is COc1cc(CN(C(=O)Nc2ccc(CN3C(=O)CSC3=O)cc2)C2CC2)ccc1O. The molecule has 2 aliphatic rings. The number of phenolic OH excluding ortho intramolecular Hbond substituents is 1. The van der Waals surface area contributed by atoms with Crippen LogP contribution in [0.15, 0.2) is 42.5 Å². The van der Waals surface area contributed by atoms with Crippen LogP contribution in [0.4, 0.5) is 15.3 Å². The van der Waals surface area contributed by atoms with E-state index in [1.54, 1.807) is 47.4 Å². The second kappa shape index (κ2) is 8.89. The van der Waals surface area contributed by atoms with Crippen LogP contribution in [-0.2, 0) is 17.9 Å². The number of thioether (sulfide) groups is 1. The van der Waals surface area contributed by atoms with Crippen LogP contribution in [0.5, 0.6) is 11.5 Å². The van der Waals surface area contributed by atoms with Gasteiger partial charge in [0.1, 0.15) is 0 Å². The number of aromatic hydroxyl groups is 1. The molecule has 4 amide bonds. The Morgan fingerprint density at radius 2 is 1.90 bits per heavy atom. The highest BCUT2D eigenvalue weighted by Gasteiger charge is 2.33. The van der Waals surface area contributed by atoms with E-state index in [0.717, 1.165) is 35.7 Å². The van der Waals surface area contributed by atoms with Crippen molar-refractivity contribution < 1.29 is 24.2 Å². The first kappa shape index (κ1) is 21.0. The number of phenols is 1. The number of hydrogen-bond acceptors (Lipinski definition) is 6. The fourth-order valence-corrected chi connectivity index (χ4v) is 4.10. The Balaban J connectivity index is 1.40. The van der Waals surface area contributed by atoms with E-state index in [-0.39, 0.29) is 41.3 Å². The maximum absolute atomic E-state index is 12.9. The van der Waals surface area contributed by atoms with Crippen LogP contribution < -0.4 is 10.1 Å². The third kappa shape index (κ3) is 4.93. The molecule has 0 radical (unpaired) electrons. The van der Waals surface area contributed by atoms with E-state index in [1.807, 2.05) is 0 Å². The van der Waals surface area contributed by atoms with Crippen LogP contribution in [-0.4, -0.2) is 51.0 Å². The number of urea groups is 1. The number of imide groups is 1. The first-order valence-corrected chi connectivity index (χ1v) is 10.9. The first-order valence-electron chi connectivity index (χ1n) is 9.94. The molecule has 0 unspecified atom stereocenters. The number of nitrogens with one attached hydrogen (secondary N) is 1. The summed E-state index contributed by atoms with van der Waals surface area (Å²) in [5.41, 5.74) is 2.32. The monoisotopic (exact) mass is 441 g/mol. The molecule has 2 fully saturated rings. The third-order valence-electron chi connectivity index (χ3n) is 5.23. The number of benzene rings is 2. The normalized spacial score (nSPS) is 15.8. The average molecular weight is 442 g/mol. The predicted octanol–water partition coefficient (Wildman–Crippen LogP) is 3.79. The fraction of sp³-hybridized carbons (Fsp3) is 0.318. The smallest absolute Gasteiger partial charge is 0.322 e. The molecule has 8 nitrogen and oxygen atoms in total. The highest BCUT2D eigenvalue weighted by Crippen LogP contribution is 2.32. The van der Waals surface area contributed by atoms with Gasteiger partial charge < -0.3 is 20.1 Å². The summed E-state index contributed by atoms with van der Waals surface area (Å²) in [7, 11) is 1.49. The summed E-state index contributed by atoms with van der Waals surface area (Å²) in [4.78, 5) is 39.4. The van der Waals surface area contributed by atoms with E-state index < -0.39 is 0 Å². The Kier molecular flexibility index (Phi) is 6.03. The number of nitrogens with zero attached hydrogens (tertiary/aromatic N) is 2. The molecule has 1 saturated carbocycles. The quantitative estimate of drug-likeness (QED) is 0.678. The van der Waals surface area contributed by atoms with Crippen LogP contribution in [0.3, 0.4) is 0 Å². The molecule has 1 heterocycles. The van der Waals surface area contributed by atoms with Gasteiger partial charge in [-0.15, -0.1) is 0 Å². The van der Waals surface area contributed by atoms with E-state index in [1.165, 1.54) is 12.0 Å². The standard InChI is InChI=1S/C22H23N3O5S/c1-30-19-10-15(4-9-18(19)26)12-24(17-7-8-17)21(28)23-16-5-2-14(3-6-16)11-25-20(27)13-31-22(25)29/h2-6,9-10,17,26H,7-8,11-13H2,1H3,(H,23,28). The number of methoxy groups -OCH3 is 1. The van der Waals surface area contributed by atoms with E-state index in [2.05, 4.69) is 5.32 Å². The van der Waals surface area contributed by atoms with Gasteiger partial charge in [-0.25, -0.2) is 4.79 Å². The fourth-order valence-electron chi connectivity index (χ4n) is 3.38. The molecule has 1 saturated heterocycles. The average Bonchev–Trinajstić information content (AvgIpc) is 3.56. The second-order valence-corrected chi connectivity index (χ2v) is 8.45. The van der Waals surface area contributed by atoms with Gasteiger partial charge in [-0.1, -0.05) is 30.0 Å². The predicted molar refractivity (Wildman–Crippen MR) is 117 cm³/mol. The minimum Gasteiger partial charge on any atom is -0.504 e. The van der Waals surface area contributed by atoms with E-state index in [0.29, 0.717) is 18.0 Å². The van der Waals surface area contributed by atoms with Crippen LogP contribution in [0.25, 0.3) is 0 Å². The first-order chi connectivity index (χ1) is 14.9. The second-order valence-electron chi connectivity index (χ2n) is 7.53. The molecule has 2 aromatic carbocycles. The summed E-state index contributed by atoms with van der Waals surface area (Å²) in [6, 6.07) is 12.2. The van der Waals surface area contributed by atoms with Crippen molar-refractivity contribution in [1.82, 2.24) is 9.80 Å². The van der Waals surface area contributed by atoms with Gasteiger partial charge in [0.25, 0.3) is 5.24 Å². The number of carbonyl (C=O) groups is 3. The van der Waals surface area contributed by atoms with E-state index in [9.17, 15) is 19.5 Å². The molecule has 0 spiro atoms. The van der Waals surface area contributed by atoms with Crippen molar-refractivity contribution in [3.63, 3.8) is 0 Å². The highest BCUT2D eigenvalue weighted by molar-refractivity contribution is 8.14. The van der Waals surface area contributed by atoms with Crippen LogP contribution >= 0.6 is 11.8 Å². The number of ether oxygens (including phenoxy) is 1. The molecule has 1 aliphatic heterocycles. The lowest BCUT2D eigenvalue weighted by Gasteiger charge is -2.23. The summed E-state index contributed by atoms with van der Waals surface area (Å²) in [6.07, 6.45) is 1.91. The van der Waals surface area contributed by atoms with Gasteiger partial charge in [0, 0.05) is 18.3 Å². The molecule has 9 heteroatoms. The van der Waals surface area contributed by atoms with Gasteiger partial charge in [0.05, 0.1) is 19.4 Å². The molecule has 0 bridgehead atoms. The number of rotatable bonds is 7. The van der Waals surface area contributed by atoms with Crippen molar-refractivity contribution in [2.24, 2.45) is 0 Å². The Labute approximate surface area is 184 Å². The van der Waals surface area contributed by atoms with Crippen molar-refractivity contribution in [2.45, 2.75) is 32.0 Å². The van der Waals surface area contributed by atoms with Gasteiger partial charge in [-0.05, 0) is 48.2 Å². The molecule has 31 heavy (non-hydrogen) atoms. The Bertz CT molecular complexity index is 991. The van der Waals surface area contributed by atoms with E-state index >= 15 is 0 Å². The van der Waals surface area contributed by atoms with Crippen molar-refractivity contribution >= 4 is 34.6 Å². The van der Waals surface area contributed by atoms with Crippen molar-refractivity contribution in [2.75, 3.05) is 18.2 Å². The molecular weight excluding hydrogens is 418 g/mol. The number of amides is 4. The number of hydrogen-bond donors (Lipinski definition) is 2. The molecule has 1 aliphatic carbocycles. The van der Waals surface area contributed by atoms with Gasteiger partial charge >= 0.3 is 6.03 Å². The minimum absolute atomic E-state index is 0.0599. The third-order valence-corrected chi connectivity index (χ3v) is 6.09. The zero-order valence-electron chi connectivity index (χ0n) is 17.0. The molecule has 2 N–H and O–H groups in total. The maximum atomic E-state index is 12.9. The van der Waals surface area contributed by atoms with Crippen molar-refractivity contribution in [3.8, 4) is 11.5 Å². The van der Waals surface area contributed by atoms with Crippen LogP contribution in [0.1, 0.15) is 24.0 Å². The summed E-state index contributed by atoms with van der Waals surface area (Å²) in [5.74, 6) is 0.442. The van der Waals surface area contributed by atoms with Crippen LogP contribution in [0, 0.1) is 0 Å². The minimum atomic E-state index is -0.228. The Hall–Kier alpha value is -3.20. The summed E-state index contributed by atoms with van der Waals surface area (Å²) in [5, 5.41) is 12.5. The van der Waals surface area contributed by atoms with Crippen molar-refractivity contribution in [3.05, 3.63) is 53.6 Å². The van der Waals surface area contributed by atoms with E-state index in [4.69, 9.17) is 4.74 Å². The Morgan fingerprint density at radius 1 is 1.19 bits per heavy atom. The summed E-state index contributed by atoms with van der Waals surface area (Å²) < 4.78 is 5.16. The molecule has 2 aromatic rings. The zero-order chi connectivity index (χ0) is 22.0. The van der Waals surface area contributed by atoms with Gasteiger partial charge in [0.15, 0.2) is 11.5 Å².